The molecule has 2 saturated heterocycles. The van der Waals surface area contributed by atoms with Crippen molar-refractivity contribution in [3.63, 3.8) is 0 Å². The number of anilines is 2. The number of benzene rings is 1. The molecule has 0 atom stereocenters. The van der Waals surface area contributed by atoms with Gasteiger partial charge in [-0.05, 0) is 50.5 Å². The van der Waals surface area contributed by atoms with E-state index in [4.69, 9.17) is 0 Å². The number of halogens is 1. The highest BCUT2D eigenvalue weighted by atomic mass is 32.1. The predicted octanol–water partition coefficient (Wildman–Crippen LogP) is 3.55. The van der Waals surface area contributed by atoms with Crippen LogP contribution in [0.15, 0.2) is 29.6 Å². The van der Waals surface area contributed by atoms with Gasteiger partial charge in [-0.3, -0.25) is 4.79 Å². The van der Waals surface area contributed by atoms with Crippen molar-refractivity contribution in [2.75, 3.05) is 49.1 Å². The summed E-state index contributed by atoms with van der Waals surface area (Å²) in [5.74, 6) is 0.209. The van der Waals surface area contributed by atoms with E-state index in [2.05, 4.69) is 20.2 Å². The Labute approximate surface area is 169 Å². The third-order valence-electron chi connectivity index (χ3n) is 5.72. The average Bonchev–Trinajstić information content (AvgIpc) is 3.00. The van der Waals surface area contributed by atoms with Gasteiger partial charge in [0, 0.05) is 56.3 Å². The summed E-state index contributed by atoms with van der Waals surface area (Å²) in [6, 6.07) is 6.65. The van der Waals surface area contributed by atoms with Crippen molar-refractivity contribution in [3.8, 4) is 0 Å². The van der Waals surface area contributed by atoms with Crippen LogP contribution in [0.2, 0.25) is 0 Å². The molecule has 1 amide bonds. The van der Waals surface area contributed by atoms with Gasteiger partial charge in [0.2, 0.25) is 5.91 Å². The van der Waals surface area contributed by atoms with Crippen molar-refractivity contribution in [1.29, 1.82) is 0 Å². The molecule has 1 aromatic heterocycles. The molecule has 0 radical (unpaired) electrons. The number of carbonyl (C=O) groups excluding carboxylic acids is 1. The Bertz CT molecular complexity index is 801. The van der Waals surface area contributed by atoms with E-state index in [-0.39, 0.29) is 11.7 Å². The number of nitrogens with zero attached hydrogens (tertiary/aromatic N) is 4. The van der Waals surface area contributed by atoms with Crippen molar-refractivity contribution in [2.24, 2.45) is 5.92 Å². The van der Waals surface area contributed by atoms with Gasteiger partial charge in [-0.15, -0.1) is 11.3 Å². The maximum atomic E-state index is 13.2. The van der Waals surface area contributed by atoms with Crippen LogP contribution in [0, 0.1) is 18.7 Å². The Morgan fingerprint density at radius 2 is 1.79 bits per heavy atom. The quantitative estimate of drug-likeness (QED) is 0.787. The maximum Gasteiger partial charge on any atom is 0.225 e. The molecule has 0 spiro atoms. The minimum atomic E-state index is -0.213. The van der Waals surface area contributed by atoms with E-state index in [1.54, 1.807) is 11.3 Å². The number of aryl methyl sites for hydroxylation is 1. The van der Waals surface area contributed by atoms with Gasteiger partial charge in [0.1, 0.15) is 5.82 Å². The molecule has 2 aromatic rings. The van der Waals surface area contributed by atoms with Gasteiger partial charge < -0.3 is 14.7 Å². The van der Waals surface area contributed by atoms with Crippen molar-refractivity contribution < 1.29 is 9.18 Å². The second-order valence-corrected chi connectivity index (χ2v) is 8.51. The first-order valence-electron chi connectivity index (χ1n) is 10.1. The third-order valence-corrected chi connectivity index (χ3v) is 6.74. The molecule has 0 N–H and O–H groups in total. The van der Waals surface area contributed by atoms with Crippen LogP contribution in [0.5, 0.6) is 0 Å². The molecular weight excluding hydrogens is 375 g/mol. The molecule has 5 nitrogen and oxygen atoms in total. The minimum Gasteiger partial charge on any atom is -0.370 e. The fourth-order valence-electron chi connectivity index (χ4n) is 4.11. The van der Waals surface area contributed by atoms with Crippen LogP contribution in [-0.4, -0.2) is 55.1 Å². The lowest BCUT2D eigenvalue weighted by atomic mass is 9.95. The highest BCUT2D eigenvalue weighted by molar-refractivity contribution is 7.13. The van der Waals surface area contributed by atoms with E-state index in [0.717, 1.165) is 75.0 Å². The molecule has 150 valence electrons. The third kappa shape index (κ3) is 4.29. The minimum absolute atomic E-state index is 0.120. The van der Waals surface area contributed by atoms with Gasteiger partial charge in [-0.2, -0.15) is 0 Å². The smallest absolute Gasteiger partial charge is 0.225 e. The molecule has 0 saturated carbocycles. The lowest BCUT2D eigenvalue weighted by Gasteiger charge is -2.34. The Balaban J connectivity index is 1.31. The fourth-order valence-corrected chi connectivity index (χ4v) is 4.97. The second-order valence-electron chi connectivity index (χ2n) is 7.68. The number of hydrogen-bond donors (Lipinski definition) is 0. The van der Waals surface area contributed by atoms with Crippen molar-refractivity contribution in [2.45, 2.75) is 26.2 Å². The molecule has 7 heteroatoms. The summed E-state index contributed by atoms with van der Waals surface area (Å²) in [5, 5.41) is 3.16. The summed E-state index contributed by atoms with van der Waals surface area (Å²) < 4.78 is 13.2. The lowest BCUT2D eigenvalue weighted by Crippen LogP contribution is -2.44. The average molecular weight is 403 g/mol. The number of hydrogen-bond acceptors (Lipinski definition) is 5. The number of carbonyl (C=O) groups is 1. The van der Waals surface area contributed by atoms with E-state index < -0.39 is 0 Å². The van der Waals surface area contributed by atoms with Crippen LogP contribution in [0.4, 0.5) is 15.2 Å². The van der Waals surface area contributed by atoms with Crippen LogP contribution in [0.1, 0.15) is 25.0 Å². The summed E-state index contributed by atoms with van der Waals surface area (Å²) in [6.45, 7) is 7.07. The fraction of sp³-hybridized carbons (Fsp3) is 0.524. The van der Waals surface area contributed by atoms with Crippen molar-refractivity contribution >= 4 is 28.1 Å². The Hall–Kier alpha value is -2.15. The van der Waals surface area contributed by atoms with Gasteiger partial charge in [0.05, 0.1) is 5.69 Å². The van der Waals surface area contributed by atoms with Crippen LogP contribution in [0.25, 0.3) is 0 Å². The number of thiazole rings is 1. The number of amides is 1. The molecular formula is C21H27FN4OS. The summed E-state index contributed by atoms with van der Waals surface area (Å²) in [7, 11) is 0. The van der Waals surface area contributed by atoms with E-state index in [1.165, 1.54) is 12.1 Å². The SMILES string of the molecule is Cc1csc(N2CCC(C(=O)N3CCCN(c4ccc(F)cc4)CC3)CC2)n1. The first kappa shape index (κ1) is 19.2. The topological polar surface area (TPSA) is 39.7 Å². The molecule has 2 aliphatic rings. The Kier molecular flexibility index (Phi) is 5.80. The summed E-state index contributed by atoms with van der Waals surface area (Å²) in [6.07, 6.45) is 2.74. The predicted molar refractivity (Wildman–Crippen MR) is 112 cm³/mol. The van der Waals surface area contributed by atoms with E-state index in [9.17, 15) is 9.18 Å². The molecule has 0 aliphatic carbocycles. The molecule has 4 rings (SSSR count). The van der Waals surface area contributed by atoms with Gasteiger partial charge in [-0.1, -0.05) is 0 Å². The highest BCUT2D eigenvalue weighted by Gasteiger charge is 2.30. The monoisotopic (exact) mass is 402 g/mol. The Morgan fingerprint density at radius 1 is 1.04 bits per heavy atom. The van der Waals surface area contributed by atoms with Gasteiger partial charge in [0.25, 0.3) is 0 Å². The second kappa shape index (κ2) is 8.47. The van der Waals surface area contributed by atoms with E-state index >= 15 is 0 Å². The zero-order chi connectivity index (χ0) is 19.5. The summed E-state index contributed by atoms with van der Waals surface area (Å²) in [5.41, 5.74) is 2.09. The van der Waals surface area contributed by atoms with Crippen molar-refractivity contribution in [3.05, 3.63) is 41.2 Å². The van der Waals surface area contributed by atoms with Gasteiger partial charge in [0.15, 0.2) is 5.13 Å². The van der Waals surface area contributed by atoms with E-state index in [0.29, 0.717) is 5.91 Å². The molecule has 28 heavy (non-hydrogen) atoms. The van der Waals surface area contributed by atoms with Crippen LogP contribution in [0.3, 0.4) is 0 Å². The normalized spacial score (nSPS) is 19.0. The van der Waals surface area contributed by atoms with Crippen LogP contribution in [-0.2, 0) is 4.79 Å². The maximum absolute atomic E-state index is 13.2. The van der Waals surface area contributed by atoms with Gasteiger partial charge in [-0.25, -0.2) is 9.37 Å². The number of rotatable bonds is 3. The molecule has 2 aliphatic heterocycles. The number of piperidine rings is 1. The van der Waals surface area contributed by atoms with Crippen LogP contribution < -0.4 is 9.80 Å². The summed E-state index contributed by atoms with van der Waals surface area (Å²) >= 11 is 1.69. The zero-order valence-electron chi connectivity index (χ0n) is 16.3. The largest absolute Gasteiger partial charge is 0.370 e. The molecule has 0 bridgehead atoms. The lowest BCUT2D eigenvalue weighted by molar-refractivity contribution is -0.135. The first-order valence-corrected chi connectivity index (χ1v) is 10.9. The molecule has 3 heterocycles. The number of aromatic nitrogens is 1. The molecule has 1 aromatic carbocycles. The van der Waals surface area contributed by atoms with Gasteiger partial charge >= 0.3 is 0 Å². The Morgan fingerprint density at radius 3 is 2.46 bits per heavy atom. The van der Waals surface area contributed by atoms with Crippen molar-refractivity contribution in [1.82, 2.24) is 9.88 Å². The zero-order valence-corrected chi connectivity index (χ0v) is 17.1. The van der Waals surface area contributed by atoms with Crippen LogP contribution >= 0.6 is 11.3 Å². The molecule has 0 unspecified atom stereocenters. The highest BCUT2D eigenvalue weighted by Crippen LogP contribution is 2.27. The van der Waals surface area contributed by atoms with E-state index in [1.807, 2.05) is 24.0 Å². The standard InChI is InChI=1S/C21H27FN4OS/c1-16-15-28-21(23-16)26-11-7-17(8-12-26)20(27)25-10-2-9-24(13-14-25)19-5-3-18(22)4-6-19/h3-6,15,17H,2,7-14H2,1H3. The molecule has 2 fully saturated rings. The summed E-state index contributed by atoms with van der Waals surface area (Å²) in [4.78, 5) is 24.2. The first-order chi connectivity index (χ1) is 13.6.